The number of halogens is 4. The minimum absolute atomic E-state index is 0.314. The summed E-state index contributed by atoms with van der Waals surface area (Å²) in [5.74, 6) is -0.314. The monoisotopic (exact) mass is 406 g/mol. The molecule has 0 bridgehead atoms. The first-order valence-corrected chi connectivity index (χ1v) is 7.51. The van der Waals surface area contributed by atoms with Crippen molar-refractivity contribution in [1.29, 1.82) is 0 Å². The quantitative estimate of drug-likeness (QED) is 0.733. The Hall–Kier alpha value is -0.420. The fourth-order valence-corrected chi connectivity index (χ4v) is 2.93. The van der Waals surface area contributed by atoms with Crippen LogP contribution in [0.2, 0.25) is 5.02 Å². The molecule has 0 spiro atoms. The average Bonchev–Trinajstić information content (AvgIpc) is 2.36. The molecule has 0 aromatic heterocycles. The third kappa shape index (κ3) is 3.57. The van der Waals surface area contributed by atoms with E-state index in [-0.39, 0.29) is 5.82 Å². The van der Waals surface area contributed by atoms with Gasteiger partial charge in [-0.25, -0.2) is 4.39 Å². The van der Waals surface area contributed by atoms with E-state index in [2.05, 4.69) is 31.9 Å². The Morgan fingerprint density at radius 3 is 2.58 bits per heavy atom. The van der Waals surface area contributed by atoms with E-state index in [0.717, 1.165) is 10.0 Å². The van der Waals surface area contributed by atoms with E-state index in [0.29, 0.717) is 21.5 Å². The number of rotatable bonds is 3. The molecular weight excluding hydrogens is 398 g/mol. The normalized spacial score (nSPS) is 12.5. The largest absolute Gasteiger partial charge is 0.388 e. The lowest BCUT2D eigenvalue weighted by molar-refractivity contribution is 0.178. The van der Waals surface area contributed by atoms with Crippen LogP contribution in [0.1, 0.15) is 17.2 Å². The van der Waals surface area contributed by atoms with Crippen molar-refractivity contribution in [2.45, 2.75) is 12.5 Å². The Kier molecular flexibility index (Phi) is 5.01. The molecule has 0 heterocycles. The van der Waals surface area contributed by atoms with Crippen molar-refractivity contribution in [3.63, 3.8) is 0 Å². The highest BCUT2D eigenvalue weighted by Crippen LogP contribution is 2.32. The van der Waals surface area contributed by atoms with Crippen LogP contribution in [0.5, 0.6) is 0 Å². The number of aliphatic hydroxyl groups excluding tert-OH is 1. The molecule has 0 aliphatic carbocycles. The maximum absolute atomic E-state index is 13.0. The van der Waals surface area contributed by atoms with E-state index in [1.165, 1.54) is 12.1 Å². The van der Waals surface area contributed by atoms with Crippen molar-refractivity contribution in [2.24, 2.45) is 0 Å². The lowest BCUT2D eigenvalue weighted by atomic mass is 10.0. The standard InChI is InChI=1S/C14H10Br2ClFO/c15-11-3-1-2-10(14(11)17)13(19)6-8-4-5-9(18)7-12(8)16/h1-5,7,13,19H,6H2. The summed E-state index contributed by atoms with van der Waals surface area (Å²) < 4.78 is 14.4. The molecule has 0 fully saturated rings. The minimum Gasteiger partial charge on any atom is -0.388 e. The maximum Gasteiger partial charge on any atom is 0.124 e. The second kappa shape index (κ2) is 6.35. The van der Waals surface area contributed by atoms with Crippen LogP contribution in [-0.2, 0) is 6.42 Å². The van der Waals surface area contributed by atoms with Crippen LogP contribution >= 0.6 is 43.5 Å². The molecule has 0 aliphatic rings. The van der Waals surface area contributed by atoms with Gasteiger partial charge < -0.3 is 5.11 Å². The summed E-state index contributed by atoms with van der Waals surface area (Å²) >= 11 is 12.8. The highest BCUT2D eigenvalue weighted by Gasteiger charge is 2.15. The summed E-state index contributed by atoms with van der Waals surface area (Å²) in [6.07, 6.45) is -0.386. The predicted octanol–water partition coefficient (Wildman–Crippen LogP) is 5.28. The molecule has 1 nitrogen and oxygen atoms in total. The lowest BCUT2D eigenvalue weighted by Crippen LogP contribution is -2.03. The van der Waals surface area contributed by atoms with Gasteiger partial charge in [0.05, 0.1) is 11.1 Å². The summed E-state index contributed by atoms with van der Waals surface area (Å²) in [4.78, 5) is 0. The van der Waals surface area contributed by atoms with Gasteiger partial charge in [0.2, 0.25) is 0 Å². The van der Waals surface area contributed by atoms with E-state index in [4.69, 9.17) is 11.6 Å². The van der Waals surface area contributed by atoms with Gasteiger partial charge in [-0.2, -0.15) is 0 Å². The van der Waals surface area contributed by atoms with Gasteiger partial charge in [-0.15, -0.1) is 0 Å². The van der Waals surface area contributed by atoms with Crippen molar-refractivity contribution in [2.75, 3.05) is 0 Å². The second-order valence-corrected chi connectivity index (χ2v) is 6.19. The first-order valence-electron chi connectivity index (χ1n) is 5.55. The van der Waals surface area contributed by atoms with Crippen LogP contribution in [0.4, 0.5) is 4.39 Å². The molecule has 19 heavy (non-hydrogen) atoms. The van der Waals surface area contributed by atoms with Gasteiger partial charge in [0.1, 0.15) is 5.82 Å². The Labute approximate surface area is 132 Å². The average molecular weight is 408 g/mol. The van der Waals surface area contributed by atoms with Gasteiger partial charge in [-0.1, -0.05) is 45.7 Å². The van der Waals surface area contributed by atoms with E-state index < -0.39 is 6.10 Å². The molecule has 0 radical (unpaired) electrons. The highest BCUT2D eigenvalue weighted by molar-refractivity contribution is 9.10. The van der Waals surface area contributed by atoms with Crippen molar-refractivity contribution < 1.29 is 9.50 Å². The zero-order chi connectivity index (χ0) is 14.0. The van der Waals surface area contributed by atoms with Gasteiger partial charge in [0, 0.05) is 20.9 Å². The maximum atomic E-state index is 13.0. The SMILES string of the molecule is OC(Cc1ccc(F)cc1Br)c1cccc(Br)c1Cl. The molecule has 2 rings (SSSR count). The van der Waals surface area contributed by atoms with Crippen molar-refractivity contribution >= 4 is 43.5 Å². The van der Waals surface area contributed by atoms with Crippen LogP contribution in [-0.4, -0.2) is 5.11 Å². The number of benzene rings is 2. The zero-order valence-electron chi connectivity index (χ0n) is 9.71. The molecule has 2 aromatic rings. The third-order valence-electron chi connectivity index (χ3n) is 2.77. The van der Waals surface area contributed by atoms with Gasteiger partial charge in [-0.05, 0) is 39.7 Å². The molecule has 0 amide bonds. The lowest BCUT2D eigenvalue weighted by Gasteiger charge is -2.14. The van der Waals surface area contributed by atoms with Crippen LogP contribution in [0.25, 0.3) is 0 Å². The van der Waals surface area contributed by atoms with Crippen molar-refractivity contribution in [1.82, 2.24) is 0 Å². The molecule has 1 atom stereocenters. The van der Waals surface area contributed by atoms with Gasteiger partial charge in [0.25, 0.3) is 0 Å². The Bertz CT molecular complexity index is 604. The molecule has 0 saturated heterocycles. The summed E-state index contributed by atoms with van der Waals surface area (Å²) in [5.41, 5.74) is 1.47. The highest BCUT2D eigenvalue weighted by atomic mass is 79.9. The summed E-state index contributed by atoms with van der Waals surface area (Å²) in [6, 6.07) is 9.80. The molecule has 5 heteroatoms. The summed E-state index contributed by atoms with van der Waals surface area (Å²) in [5, 5.41) is 10.7. The molecule has 1 unspecified atom stereocenters. The van der Waals surface area contributed by atoms with Crippen molar-refractivity contribution in [3.8, 4) is 0 Å². The van der Waals surface area contributed by atoms with Crippen LogP contribution in [0.3, 0.4) is 0 Å². The molecule has 2 aromatic carbocycles. The third-order valence-corrected chi connectivity index (χ3v) is 4.82. The number of hydrogen-bond donors (Lipinski definition) is 1. The molecule has 0 saturated carbocycles. The second-order valence-electron chi connectivity index (χ2n) is 4.10. The first kappa shape index (κ1) is 15.0. The Morgan fingerprint density at radius 2 is 1.89 bits per heavy atom. The first-order chi connectivity index (χ1) is 8.99. The predicted molar refractivity (Wildman–Crippen MR) is 81.9 cm³/mol. The van der Waals surface area contributed by atoms with E-state index in [9.17, 15) is 9.50 Å². The van der Waals surface area contributed by atoms with Crippen LogP contribution in [0, 0.1) is 5.82 Å². The summed E-state index contributed by atoms with van der Waals surface area (Å²) in [6.45, 7) is 0. The smallest absolute Gasteiger partial charge is 0.124 e. The Morgan fingerprint density at radius 1 is 1.16 bits per heavy atom. The fraction of sp³-hybridized carbons (Fsp3) is 0.143. The van der Waals surface area contributed by atoms with E-state index in [1.54, 1.807) is 12.1 Å². The van der Waals surface area contributed by atoms with Gasteiger partial charge >= 0.3 is 0 Å². The van der Waals surface area contributed by atoms with Crippen LogP contribution < -0.4 is 0 Å². The van der Waals surface area contributed by atoms with E-state index in [1.807, 2.05) is 12.1 Å². The van der Waals surface area contributed by atoms with Gasteiger partial charge in [-0.3, -0.25) is 0 Å². The minimum atomic E-state index is -0.744. The molecular formula is C14H10Br2ClFO. The topological polar surface area (TPSA) is 20.2 Å². The zero-order valence-corrected chi connectivity index (χ0v) is 13.6. The number of hydrogen-bond acceptors (Lipinski definition) is 1. The summed E-state index contributed by atoms with van der Waals surface area (Å²) in [7, 11) is 0. The molecule has 0 aliphatic heterocycles. The molecule has 100 valence electrons. The van der Waals surface area contributed by atoms with Crippen LogP contribution in [0.15, 0.2) is 45.3 Å². The van der Waals surface area contributed by atoms with Crippen molar-refractivity contribution in [3.05, 3.63) is 67.3 Å². The van der Waals surface area contributed by atoms with E-state index >= 15 is 0 Å². The number of aliphatic hydroxyl groups is 1. The Balaban J connectivity index is 2.25. The fourth-order valence-electron chi connectivity index (χ4n) is 1.78. The molecule has 1 N–H and O–H groups in total. The van der Waals surface area contributed by atoms with Gasteiger partial charge in [0.15, 0.2) is 0 Å².